The first-order valence-corrected chi connectivity index (χ1v) is 6.75. The number of carbonyl (C=O) groups is 1. The van der Waals surface area contributed by atoms with Gasteiger partial charge >= 0.3 is 5.97 Å². The van der Waals surface area contributed by atoms with E-state index in [9.17, 15) is 13.2 Å². The first-order chi connectivity index (χ1) is 8.03. The maximum absolute atomic E-state index is 12.1. The van der Waals surface area contributed by atoms with Crippen LogP contribution in [0.1, 0.15) is 19.3 Å². The molecule has 1 fully saturated rings. The number of rotatable bonds is 3. The molecule has 1 aliphatic rings. The van der Waals surface area contributed by atoms with Crippen LogP contribution in [0.3, 0.4) is 0 Å². The van der Waals surface area contributed by atoms with Crippen LogP contribution in [0, 0.1) is 0 Å². The molecule has 1 aliphatic heterocycles. The second-order valence-corrected chi connectivity index (χ2v) is 5.72. The molecule has 1 atom stereocenters. The second-order valence-electron chi connectivity index (χ2n) is 3.90. The molecule has 0 amide bonds. The smallest absolute Gasteiger partial charge is 0.322 e. The molecule has 0 saturated carbocycles. The van der Waals surface area contributed by atoms with Crippen molar-refractivity contribution in [1.82, 2.24) is 4.31 Å². The largest absolute Gasteiger partial charge is 0.480 e. The summed E-state index contributed by atoms with van der Waals surface area (Å²) in [7, 11) is -3.83. The van der Waals surface area contributed by atoms with Crippen LogP contribution in [-0.2, 0) is 14.8 Å². The van der Waals surface area contributed by atoms with Gasteiger partial charge in [-0.1, -0.05) is 0 Å². The Morgan fingerprint density at radius 3 is 2.82 bits per heavy atom. The van der Waals surface area contributed by atoms with Gasteiger partial charge in [-0.3, -0.25) is 4.79 Å². The lowest BCUT2D eigenvalue weighted by molar-refractivity contribution is -0.142. The molecule has 2 heterocycles. The molecule has 0 radical (unpaired) electrons. The third-order valence-corrected chi connectivity index (χ3v) is 4.59. The monoisotopic (exact) mass is 259 g/mol. The highest BCUT2D eigenvalue weighted by atomic mass is 32.2. The maximum atomic E-state index is 12.1. The molecule has 1 saturated heterocycles. The fraction of sp³-hybridized carbons (Fsp3) is 0.500. The summed E-state index contributed by atoms with van der Waals surface area (Å²) in [4.78, 5) is 11.0. The highest BCUT2D eigenvalue weighted by Crippen LogP contribution is 2.25. The quantitative estimate of drug-likeness (QED) is 0.871. The van der Waals surface area contributed by atoms with Crippen molar-refractivity contribution in [2.45, 2.75) is 30.4 Å². The number of furan rings is 1. The lowest BCUT2D eigenvalue weighted by atomic mass is 10.1. The van der Waals surface area contributed by atoms with Gasteiger partial charge < -0.3 is 9.52 Å². The summed E-state index contributed by atoms with van der Waals surface area (Å²) in [6.07, 6.45) is 2.99. The topological polar surface area (TPSA) is 87.8 Å². The molecule has 0 aliphatic carbocycles. The minimum Gasteiger partial charge on any atom is -0.480 e. The third kappa shape index (κ3) is 2.20. The molecule has 17 heavy (non-hydrogen) atoms. The van der Waals surface area contributed by atoms with Gasteiger partial charge in [0.1, 0.15) is 6.04 Å². The lowest BCUT2D eigenvalue weighted by Crippen LogP contribution is -2.47. The van der Waals surface area contributed by atoms with Gasteiger partial charge in [-0.15, -0.1) is 0 Å². The Labute approximate surface area is 98.9 Å². The molecule has 7 heteroatoms. The van der Waals surface area contributed by atoms with E-state index < -0.39 is 22.0 Å². The zero-order chi connectivity index (χ0) is 12.5. The Morgan fingerprint density at radius 1 is 1.47 bits per heavy atom. The van der Waals surface area contributed by atoms with Crippen LogP contribution < -0.4 is 0 Å². The summed E-state index contributed by atoms with van der Waals surface area (Å²) < 4.78 is 30.1. The van der Waals surface area contributed by atoms with Crippen LogP contribution in [0.4, 0.5) is 0 Å². The summed E-state index contributed by atoms with van der Waals surface area (Å²) in [5.41, 5.74) is 0. The minimum absolute atomic E-state index is 0.203. The van der Waals surface area contributed by atoms with Crippen LogP contribution in [0.15, 0.2) is 27.9 Å². The van der Waals surface area contributed by atoms with Gasteiger partial charge in [-0.25, -0.2) is 8.42 Å². The Morgan fingerprint density at radius 2 is 2.24 bits per heavy atom. The van der Waals surface area contributed by atoms with E-state index >= 15 is 0 Å². The Bertz CT molecular complexity index is 493. The normalized spacial score (nSPS) is 22.5. The number of piperidine rings is 1. The molecule has 1 aromatic heterocycles. The molecule has 0 aromatic carbocycles. The summed E-state index contributed by atoms with van der Waals surface area (Å²) in [6.45, 7) is 0.222. The van der Waals surface area contributed by atoms with E-state index in [1.54, 1.807) is 0 Å². The maximum Gasteiger partial charge on any atom is 0.322 e. The van der Waals surface area contributed by atoms with Crippen LogP contribution in [0.2, 0.25) is 0 Å². The molecule has 0 unspecified atom stereocenters. The Kier molecular flexibility index (Phi) is 3.21. The van der Waals surface area contributed by atoms with Crippen molar-refractivity contribution in [2.75, 3.05) is 6.54 Å². The number of hydrogen-bond donors (Lipinski definition) is 1. The predicted molar refractivity (Wildman–Crippen MR) is 57.9 cm³/mol. The van der Waals surface area contributed by atoms with Crippen molar-refractivity contribution in [1.29, 1.82) is 0 Å². The SMILES string of the molecule is O=C(O)[C@@H]1CCCCN1S(=O)(=O)c1ccco1. The number of aliphatic carboxylic acids is 1. The van der Waals surface area contributed by atoms with Crippen molar-refractivity contribution < 1.29 is 22.7 Å². The average Bonchev–Trinajstić information content (AvgIpc) is 2.83. The molecule has 2 rings (SSSR count). The van der Waals surface area contributed by atoms with E-state index in [-0.39, 0.29) is 11.6 Å². The summed E-state index contributed by atoms with van der Waals surface area (Å²) in [6, 6.07) is 1.80. The van der Waals surface area contributed by atoms with Crippen LogP contribution >= 0.6 is 0 Å². The van der Waals surface area contributed by atoms with Gasteiger partial charge in [-0.2, -0.15) is 4.31 Å². The van der Waals surface area contributed by atoms with Crippen molar-refractivity contribution >= 4 is 16.0 Å². The van der Waals surface area contributed by atoms with Gasteiger partial charge in [0, 0.05) is 6.54 Å². The molecule has 1 aromatic rings. The van der Waals surface area contributed by atoms with Crippen LogP contribution in [0.25, 0.3) is 0 Å². The zero-order valence-electron chi connectivity index (χ0n) is 9.07. The van der Waals surface area contributed by atoms with Crippen molar-refractivity contribution in [3.63, 3.8) is 0 Å². The minimum atomic E-state index is -3.83. The van der Waals surface area contributed by atoms with E-state index in [0.29, 0.717) is 12.8 Å². The highest BCUT2D eigenvalue weighted by Gasteiger charge is 2.38. The number of sulfonamides is 1. The van der Waals surface area contributed by atoms with Gasteiger partial charge in [0.15, 0.2) is 0 Å². The molecule has 6 nitrogen and oxygen atoms in total. The van der Waals surface area contributed by atoms with Crippen molar-refractivity contribution in [3.8, 4) is 0 Å². The molecule has 1 N–H and O–H groups in total. The van der Waals surface area contributed by atoms with E-state index in [2.05, 4.69) is 0 Å². The fourth-order valence-electron chi connectivity index (χ4n) is 1.97. The zero-order valence-corrected chi connectivity index (χ0v) is 9.89. The Balaban J connectivity index is 2.34. The molecular formula is C10H13NO5S. The summed E-state index contributed by atoms with van der Waals surface area (Å²) >= 11 is 0. The summed E-state index contributed by atoms with van der Waals surface area (Å²) in [5, 5.41) is 8.83. The number of carboxylic acid groups (broad SMARTS) is 1. The first kappa shape index (κ1) is 12.1. The van der Waals surface area contributed by atoms with Gasteiger partial charge in [-0.05, 0) is 31.4 Å². The number of carboxylic acids is 1. The molecular weight excluding hydrogens is 246 g/mol. The Hall–Kier alpha value is -1.34. The van der Waals surface area contributed by atoms with E-state index in [1.807, 2.05) is 0 Å². The average molecular weight is 259 g/mol. The van der Waals surface area contributed by atoms with E-state index in [0.717, 1.165) is 10.7 Å². The van der Waals surface area contributed by atoms with Gasteiger partial charge in [0.05, 0.1) is 6.26 Å². The highest BCUT2D eigenvalue weighted by molar-refractivity contribution is 7.89. The third-order valence-electron chi connectivity index (χ3n) is 2.80. The predicted octanol–water partition coefficient (Wildman–Crippen LogP) is 0.907. The van der Waals surface area contributed by atoms with Gasteiger partial charge in [0.25, 0.3) is 10.0 Å². The fourth-order valence-corrected chi connectivity index (χ4v) is 3.52. The lowest BCUT2D eigenvalue weighted by Gasteiger charge is -2.30. The standard InChI is InChI=1S/C10H13NO5S/c12-10(13)8-4-1-2-6-11(8)17(14,15)9-5-3-7-16-9/h3,5,7-8H,1-2,4,6H2,(H,12,13)/t8-/m0/s1. The van der Waals surface area contributed by atoms with Crippen molar-refractivity contribution in [3.05, 3.63) is 18.4 Å². The van der Waals surface area contributed by atoms with Crippen LogP contribution in [-0.4, -0.2) is 36.4 Å². The van der Waals surface area contributed by atoms with E-state index in [1.165, 1.54) is 18.4 Å². The van der Waals surface area contributed by atoms with Gasteiger partial charge in [0.2, 0.25) is 5.09 Å². The molecule has 94 valence electrons. The number of hydrogen-bond acceptors (Lipinski definition) is 4. The summed E-state index contributed by atoms with van der Waals surface area (Å²) in [5.74, 6) is -1.11. The first-order valence-electron chi connectivity index (χ1n) is 5.31. The number of nitrogens with zero attached hydrogens (tertiary/aromatic N) is 1. The van der Waals surface area contributed by atoms with Crippen LogP contribution in [0.5, 0.6) is 0 Å². The van der Waals surface area contributed by atoms with E-state index in [4.69, 9.17) is 9.52 Å². The second kappa shape index (κ2) is 4.50. The van der Waals surface area contributed by atoms with Crippen molar-refractivity contribution in [2.24, 2.45) is 0 Å². The molecule has 0 spiro atoms. The molecule has 0 bridgehead atoms.